The maximum absolute atomic E-state index is 11.6. The van der Waals surface area contributed by atoms with E-state index in [0.29, 0.717) is 13.2 Å². The van der Waals surface area contributed by atoms with Crippen LogP contribution in [0.25, 0.3) is 0 Å². The predicted octanol–water partition coefficient (Wildman–Crippen LogP) is 3.26. The number of benzene rings is 1. The van der Waals surface area contributed by atoms with E-state index in [4.69, 9.17) is 4.74 Å². The summed E-state index contributed by atoms with van der Waals surface area (Å²) in [4.78, 5) is 13.2. The molecule has 0 spiro atoms. The summed E-state index contributed by atoms with van der Waals surface area (Å²) in [5.41, 5.74) is 1.28. The average molecular weight is 328 g/mol. The largest absolute Gasteiger partial charge is 0.494 e. The number of halogens is 1. The third-order valence-corrected chi connectivity index (χ3v) is 3.32. The molecule has 106 valence electrons. The standard InChI is InChI=1S/C15H22BrNO2/c1-4-13-7-5-8-14(11-13)19-10-6-9-17(3)15(18)12(2)16/h5,7-8,11-12H,4,6,9-10H2,1-3H3. The first kappa shape index (κ1) is 16.0. The smallest absolute Gasteiger partial charge is 0.235 e. The van der Waals surface area contributed by atoms with Crippen LogP contribution in [0, 0.1) is 0 Å². The number of nitrogens with zero attached hydrogens (tertiary/aromatic N) is 1. The molecule has 0 aliphatic carbocycles. The lowest BCUT2D eigenvalue weighted by molar-refractivity contribution is -0.128. The fourth-order valence-corrected chi connectivity index (χ4v) is 2.11. The number of ether oxygens (including phenoxy) is 1. The van der Waals surface area contributed by atoms with Crippen LogP contribution in [-0.2, 0) is 11.2 Å². The third-order valence-electron chi connectivity index (χ3n) is 2.93. The van der Waals surface area contributed by atoms with Gasteiger partial charge >= 0.3 is 0 Å². The molecule has 0 saturated carbocycles. The summed E-state index contributed by atoms with van der Waals surface area (Å²) in [6, 6.07) is 8.14. The second kappa shape index (κ2) is 8.20. The van der Waals surface area contributed by atoms with Gasteiger partial charge in [0.15, 0.2) is 0 Å². The topological polar surface area (TPSA) is 29.5 Å². The Balaban J connectivity index is 2.29. The van der Waals surface area contributed by atoms with Crippen molar-refractivity contribution >= 4 is 21.8 Å². The Morgan fingerprint density at radius 2 is 2.21 bits per heavy atom. The summed E-state index contributed by atoms with van der Waals surface area (Å²) >= 11 is 3.28. The van der Waals surface area contributed by atoms with Crippen LogP contribution in [0.4, 0.5) is 0 Å². The van der Waals surface area contributed by atoms with E-state index in [1.54, 1.807) is 4.90 Å². The van der Waals surface area contributed by atoms with Crippen molar-refractivity contribution in [3.05, 3.63) is 29.8 Å². The minimum Gasteiger partial charge on any atom is -0.494 e. The van der Waals surface area contributed by atoms with Gasteiger partial charge in [-0.1, -0.05) is 35.0 Å². The molecule has 0 aromatic heterocycles. The Morgan fingerprint density at radius 3 is 2.84 bits per heavy atom. The van der Waals surface area contributed by atoms with Gasteiger partial charge in [-0.15, -0.1) is 0 Å². The Bertz CT molecular complexity index is 407. The Labute approximate surface area is 124 Å². The Morgan fingerprint density at radius 1 is 1.47 bits per heavy atom. The van der Waals surface area contributed by atoms with Gasteiger partial charge in [0.25, 0.3) is 0 Å². The molecule has 0 radical (unpaired) electrons. The van der Waals surface area contributed by atoms with Crippen LogP contribution in [0.1, 0.15) is 25.8 Å². The fourth-order valence-electron chi connectivity index (χ4n) is 1.76. The van der Waals surface area contributed by atoms with Crippen molar-refractivity contribution in [1.82, 2.24) is 4.90 Å². The van der Waals surface area contributed by atoms with E-state index in [1.807, 2.05) is 26.1 Å². The highest BCUT2D eigenvalue weighted by Gasteiger charge is 2.13. The van der Waals surface area contributed by atoms with Crippen molar-refractivity contribution in [2.24, 2.45) is 0 Å². The minimum absolute atomic E-state index is 0.105. The molecule has 0 fully saturated rings. The summed E-state index contributed by atoms with van der Waals surface area (Å²) in [7, 11) is 1.82. The number of hydrogen-bond donors (Lipinski definition) is 0. The predicted molar refractivity (Wildman–Crippen MR) is 82.0 cm³/mol. The normalized spacial score (nSPS) is 12.0. The van der Waals surface area contributed by atoms with Crippen LogP contribution in [0.15, 0.2) is 24.3 Å². The minimum atomic E-state index is -0.125. The van der Waals surface area contributed by atoms with E-state index < -0.39 is 0 Å². The molecule has 1 amide bonds. The molecule has 0 N–H and O–H groups in total. The number of carbonyl (C=O) groups excluding carboxylic acids is 1. The van der Waals surface area contributed by atoms with Gasteiger partial charge in [-0.2, -0.15) is 0 Å². The van der Waals surface area contributed by atoms with Crippen LogP contribution < -0.4 is 4.74 Å². The zero-order valence-corrected chi connectivity index (χ0v) is 13.4. The van der Waals surface area contributed by atoms with Crippen molar-refractivity contribution in [1.29, 1.82) is 0 Å². The quantitative estimate of drug-likeness (QED) is 0.568. The molecule has 0 bridgehead atoms. The first-order valence-electron chi connectivity index (χ1n) is 6.65. The molecule has 1 aromatic carbocycles. The van der Waals surface area contributed by atoms with Gasteiger partial charge in [-0.3, -0.25) is 4.79 Å². The van der Waals surface area contributed by atoms with Gasteiger partial charge < -0.3 is 9.64 Å². The second-order valence-electron chi connectivity index (χ2n) is 4.58. The van der Waals surface area contributed by atoms with Gasteiger partial charge in [0, 0.05) is 13.6 Å². The molecular weight excluding hydrogens is 306 g/mol. The number of alkyl halides is 1. The number of rotatable bonds is 7. The third kappa shape index (κ3) is 5.64. The van der Waals surface area contributed by atoms with Crippen LogP contribution in [0.3, 0.4) is 0 Å². The van der Waals surface area contributed by atoms with Crippen LogP contribution >= 0.6 is 15.9 Å². The molecule has 1 unspecified atom stereocenters. The van der Waals surface area contributed by atoms with Crippen LogP contribution in [0.2, 0.25) is 0 Å². The number of amides is 1. The second-order valence-corrected chi connectivity index (χ2v) is 5.95. The van der Waals surface area contributed by atoms with Crippen LogP contribution in [-0.4, -0.2) is 35.8 Å². The average Bonchev–Trinajstić information content (AvgIpc) is 2.42. The number of hydrogen-bond acceptors (Lipinski definition) is 2. The van der Waals surface area contributed by atoms with E-state index in [2.05, 4.69) is 35.0 Å². The van der Waals surface area contributed by atoms with Crippen molar-refractivity contribution in [2.75, 3.05) is 20.2 Å². The Kier molecular flexibility index (Phi) is 6.92. The molecule has 1 aromatic rings. The van der Waals surface area contributed by atoms with Crippen molar-refractivity contribution in [3.63, 3.8) is 0 Å². The van der Waals surface area contributed by atoms with Gasteiger partial charge in [0.1, 0.15) is 5.75 Å². The molecule has 4 heteroatoms. The first-order valence-corrected chi connectivity index (χ1v) is 7.57. The monoisotopic (exact) mass is 327 g/mol. The number of aryl methyl sites for hydroxylation is 1. The molecule has 1 atom stereocenters. The van der Waals surface area contributed by atoms with E-state index >= 15 is 0 Å². The summed E-state index contributed by atoms with van der Waals surface area (Å²) in [5.74, 6) is 1.01. The van der Waals surface area contributed by atoms with E-state index in [-0.39, 0.29) is 10.7 Å². The zero-order valence-electron chi connectivity index (χ0n) is 11.9. The maximum atomic E-state index is 11.6. The molecule has 3 nitrogen and oxygen atoms in total. The van der Waals surface area contributed by atoms with E-state index in [9.17, 15) is 4.79 Å². The fraction of sp³-hybridized carbons (Fsp3) is 0.533. The molecule has 0 aliphatic heterocycles. The van der Waals surface area contributed by atoms with Gasteiger partial charge in [-0.25, -0.2) is 0 Å². The zero-order chi connectivity index (χ0) is 14.3. The van der Waals surface area contributed by atoms with Gasteiger partial charge in [0.2, 0.25) is 5.91 Å². The lowest BCUT2D eigenvalue weighted by Crippen LogP contribution is -2.33. The molecular formula is C15H22BrNO2. The van der Waals surface area contributed by atoms with Gasteiger partial charge in [0.05, 0.1) is 11.4 Å². The highest BCUT2D eigenvalue weighted by Crippen LogP contribution is 2.14. The van der Waals surface area contributed by atoms with E-state index in [1.165, 1.54) is 5.56 Å². The summed E-state index contributed by atoms with van der Waals surface area (Å²) in [6.07, 6.45) is 1.84. The van der Waals surface area contributed by atoms with Crippen molar-refractivity contribution < 1.29 is 9.53 Å². The summed E-state index contributed by atoms with van der Waals surface area (Å²) in [5, 5.41) is 0. The highest BCUT2D eigenvalue weighted by atomic mass is 79.9. The van der Waals surface area contributed by atoms with Gasteiger partial charge in [-0.05, 0) is 37.5 Å². The Hall–Kier alpha value is -1.03. The van der Waals surface area contributed by atoms with E-state index in [0.717, 1.165) is 18.6 Å². The highest BCUT2D eigenvalue weighted by molar-refractivity contribution is 9.10. The number of carbonyl (C=O) groups is 1. The SMILES string of the molecule is CCc1cccc(OCCCN(C)C(=O)C(C)Br)c1. The molecule has 19 heavy (non-hydrogen) atoms. The summed E-state index contributed by atoms with van der Waals surface area (Å²) in [6.45, 7) is 5.30. The lowest BCUT2D eigenvalue weighted by atomic mass is 10.2. The van der Waals surface area contributed by atoms with Crippen LogP contribution in [0.5, 0.6) is 5.75 Å². The van der Waals surface area contributed by atoms with Crippen molar-refractivity contribution in [2.45, 2.75) is 31.5 Å². The molecule has 0 saturated heterocycles. The lowest BCUT2D eigenvalue weighted by Gasteiger charge is -2.18. The molecule has 0 heterocycles. The molecule has 0 aliphatic rings. The maximum Gasteiger partial charge on any atom is 0.235 e. The summed E-state index contributed by atoms with van der Waals surface area (Å²) < 4.78 is 5.69. The first-order chi connectivity index (χ1) is 9.04. The molecule has 1 rings (SSSR count). The van der Waals surface area contributed by atoms with Crippen molar-refractivity contribution in [3.8, 4) is 5.75 Å².